The maximum Gasteiger partial charge on any atom is 0.336 e. The van der Waals surface area contributed by atoms with Crippen LogP contribution in [0.4, 0.5) is 0 Å². The number of aromatic carboxylic acids is 1. The Morgan fingerprint density at radius 1 is 0.968 bits per heavy atom. The normalized spacial score (nSPS) is 12.4. The maximum absolute atomic E-state index is 14.3. The second-order valence-corrected chi connectivity index (χ2v) is 13.3. The van der Waals surface area contributed by atoms with Gasteiger partial charge in [-0.05, 0) is 25.0 Å². The van der Waals surface area contributed by atoms with E-state index in [0.717, 1.165) is 43.7 Å². The van der Waals surface area contributed by atoms with Gasteiger partial charge in [-0.1, -0.05) is 84.4 Å². The lowest BCUT2D eigenvalue weighted by atomic mass is 10.0. The van der Waals surface area contributed by atoms with Crippen LogP contribution in [0.3, 0.4) is 0 Å². The number of carboxylic acids is 1. The molecule has 0 unspecified atom stereocenters. The molecule has 0 spiro atoms. The molecule has 172 valence electrons. The van der Waals surface area contributed by atoms with E-state index in [-0.39, 0.29) is 5.56 Å². The van der Waals surface area contributed by atoms with Gasteiger partial charge in [0.1, 0.15) is 0 Å². The molecule has 1 aromatic carbocycles. The fourth-order valence-corrected chi connectivity index (χ4v) is 7.74. The molecular weight excluding hydrogens is 405 g/mol. The van der Waals surface area contributed by atoms with E-state index in [0.29, 0.717) is 17.3 Å². The lowest BCUT2D eigenvalue weighted by molar-refractivity contribution is 0.0698. The lowest BCUT2D eigenvalue weighted by Crippen LogP contribution is -2.27. The van der Waals surface area contributed by atoms with Gasteiger partial charge in [0.15, 0.2) is 0 Å². The minimum Gasteiger partial charge on any atom is -0.478 e. The zero-order valence-electron chi connectivity index (χ0n) is 19.8. The van der Waals surface area contributed by atoms with Crippen LogP contribution >= 0.6 is 7.14 Å². The topological polar surface area (TPSA) is 67.3 Å². The monoisotopic (exact) mass is 445 g/mol. The predicted octanol–water partition coefficient (Wildman–Crippen LogP) is 7.78. The summed E-state index contributed by atoms with van der Waals surface area (Å²) in [6.07, 6.45) is 11.1. The highest BCUT2D eigenvalue weighted by atomic mass is 31.2. The molecule has 0 saturated heterocycles. The van der Waals surface area contributed by atoms with Crippen molar-refractivity contribution in [3.8, 4) is 0 Å². The third kappa shape index (κ3) is 6.91. The number of benzene rings is 1. The second-order valence-electron chi connectivity index (χ2n) is 9.43. The van der Waals surface area contributed by atoms with Crippen molar-refractivity contribution < 1.29 is 14.5 Å². The smallest absolute Gasteiger partial charge is 0.336 e. The van der Waals surface area contributed by atoms with E-state index in [1.807, 2.05) is 18.2 Å². The Hall–Kier alpha value is -1.67. The van der Waals surface area contributed by atoms with Crippen LogP contribution in [0.5, 0.6) is 0 Å². The molecular formula is C26H40NO3P. The Kier molecular flexibility index (Phi) is 9.75. The van der Waals surface area contributed by atoms with E-state index >= 15 is 0 Å². The minimum absolute atomic E-state index is 0.275. The van der Waals surface area contributed by atoms with Crippen molar-refractivity contribution >= 4 is 24.0 Å². The molecule has 0 atom stereocenters. The van der Waals surface area contributed by atoms with E-state index in [2.05, 4.69) is 27.7 Å². The number of nitrogens with zero attached hydrogens (tertiary/aromatic N) is 1. The molecule has 0 aliphatic heterocycles. The molecule has 2 rings (SSSR count). The van der Waals surface area contributed by atoms with E-state index < -0.39 is 18.3 Å². The molecule has 0 aliphatic carbocycles. The molecule has 4 nitrogen and oxygen atoms in total. The number of unbranched alkanes of at least 4 members (excludes halogenated alkanes) is 6. The quantitative estimate of drug-likeness (QED) is 0.238. The van der Waals surface area contributed by atoms with Gasteiger partial charge in [-0.25, -0.2) is 4.79 Å². The predicted molar refractivity (Wildman–Crippen MR) is 132 cm³/mol. The molecule has 1 aromatic heterocycles. The first-order chi connectivity index (χ1) is 14.7. The number of carboxylic acid groups (broad SMARTS) is 1. The molecule has 0 bridgehead atoms. The number of rotatable bonds is 14. The van der Waals surface area contributed by atoms with Crippen LogP contribution in [0, 0.1) is 0 Å². The van der Waals surface area contributed by atoms with Crippen molar-refractivity contribution in [3.63, 3.8) is 0 Å². The van der Waals surface area contributed by atoms with Gasteiger partial charge in [0.25, 0.3) is 0 Å². The molecule has 1 N–H and O–H groups in total. The van der Waals surface area contributed by atoms with Crippen LogP contribution in [-0.4, -0.2) is 33.5 Å². The summed E-state index contributed by atoms with van der Waals surface area (Å²) in [7, 11) is -2.45. The number of aromatic nitrogens is 1. The maximum atomic E-state index is 14.3. The van der Waals surface area contributed by atoms with Crippen LogP contribution in [0.2, 0.25) is 0 Å². The number of fused-ring (bicyclic) bond motifs is 1. The lowest BCUT2D eigenvalue weighted by Gasteiger charge is -2.35. The van der Waals surface area contributed by atoms with Gasteiger partial charge in [0.05, 0.1) is 18.2 Å². The first-order valence-electron chi connectivity index (χ1n) is 11.9. The zero-order chi connectivity index (χ0) is 22.9. The van der Waals surface area contributed by atoms with Gasteiger partial charge in [0.2, 0.25) is 0 Å². The highest BCUT2D eigenvalue weighted by molar-refractivity contribution is 7.65. The average molecular weight is 446 g/mol. The Bertz CT molecular complexity index is 891. The minimum atomic E-state index is -2.45. The molecule has 2 aromatic rings. The van der Waals surface area contributed by atoms with Gasteiger partial charge >= 0.3 is 5.97 Å². The molecule has 0 fully saturated rings. The van der Waals surface area contributed by atoms with Crippen LogP contribution < -0.4 is 0 Å². The number of hydrogen-bond donors (Lipinski definition) is 1. The molecule has 0 amide bonds. The SMILES string of the molecule is CCCCCCP(=O)(CCCCCC)C(C)(C)Cc1cc(C(=O)O)c2ccccc2n1. The van der Waals surface area contributed by atoms with Crippen molar-refractivity contribution in [2.75, 3.05) is 12.3 Å². The van der Waals surface area contributed by atoms with Crippen LogP contribution in [0.1, 0.15) is 95.1 Å². The molecule has 0 saturated carbocycles. The van der Waals surface area contributed by atoms with E-state index in [1.54, 1.807) is 12.1 Å². The fraction of sp³-hybridized carbons (Fsp3) is 0.615. The standard InChI is InChI=1S/C26H40NO3P/c1-5-7-9-13-17-31(30,18-14-10-8-6-2)26(3,4)20-21-19-23(25(28)29)22-15-11-12-16-24(22)27-21/h11-12,15-16,19H,5-10,13-14,17-18,20H2,1-4H3,(H,28,29). The zero-order valence-corrected chi connectivity index (χ0v) is 20.7. The van der Waals surface area contributed by atoms with Crippen molar-refractivity contribution in [1.29, 1.82) is 0 Å². The number of hydrogen-bond acceptors (Lipinski definition) is 3. The highest BCUT2D eigenvalue weighted by Gasteiger charge is 2.39. The first kappa shape index (κ1) is 25.6. The van der Waals surface area contributed by atoms with Crippen molar-refractivity contribution in [3.05, 3.63) is 41.6 Å². The molecule has 0 aliphatic rings. The Labute approximate surface area is 188 Å². The van der Waals surface area contributed by atoms with Crippen LogP contribution in [0.25, 0.3) is 10.9 Å². The summed E-state index contributed by atoms with van der Waals surface area (Å²) in [5, 5.41) is 9.96. The molecule has 31 heavy (non-hydrogen) atoms. The number of carbonyl (C=O) groups is 1. The summed E-state index contributed by atoms with van der Waals surface area (Å²) in [5.74, 6) is -0.944. The van der Waals surface area contributed by atoms with Crippen molar-refractivity contribution in [2.45, 2.75) is 90.6 Å². The summed E-state index contributed by atoms with van der Waals surface area (Å²) in [6.45, 7) is 8.59. The Morgan fingerprint density at radius 2 is 1.55 bits per heavy atom. The van der Waals surface area contributed by atoms with E-state index in [9.17, 15) is 14.5 Å². The van der Waals surface area contributed by atoms with Crippen molar-refractivity contribution in [1.82, 2.24) is 4.98 Å². The van der Waals surface area contributed by atoms with Gasteiger partial charge < -0.3 is 9.67 Å². The Morgan fingerprint density at radius 3 is 2.10 bits per heavy atom. The number of para-hydroxylation sites is 1. The second kappa shape index (κ2) is 11.8. The summed E-state index contributed by atoms with van der Waals surface area (Å²) in [4.78, 5) is 16.6. The highest BCUT2D eigenvalue weighted by Crippen LogP contribution is 2.60. The van der Waals surface area contributed by atoms with Gasteiger partial charge in [0, 0.05) is 35.0 Å². The van der Waals surface area contributed by atoms with Gasteiger partial charge in [-0.15, -0.1) is 0 Å². The van der Waals surface area contributed by atoms with Crippen LogP contribution in [-0.2, 0) is 11.0 Å². The number of pyridine rings is 1. The van der Waals surface area contributed by atoms with E-state index in [1.165, 1.54) is 25.7 Å². The largest absolute Gasteiger partial charge is 0.478 e. The van der Waals surface area contributed by atoms with Crippen LogP contribution in [0.15, 0.2) is 30.3 Å². The third-order valence-electron chi connectivity index (χ3n) is 6.46. The van der Waals surface area contributed by atoms with E-state index in [4.69, 9.17) is 4.98 Å². The molecule has 0 radical (unpaired) electrons. The Balaban J connectivity index is 2.30. The first-order valence-corrected chi connectivity index (χ1v) is 14.0. The van der Waals surface area contributed by atoms with Crippen molar-refractivity contribution in [2.24, 2.45) is 0 Å². The van der Waals surface area contributed by atoms with Gasteiger partial charge in [-0.2, -0.15) is 0 Å². The fourth-order valence-electron chi connectivity index (χ4n) is 4.39. The third-order valence-corrected chi connectivity index (χ3v) is 10.9. The molecule has 5 heteroatoms. The van der Waals surface area contributed by atoms with Gasteiger partial charge in [-0.3, -0.25) is 4.98 Å². The summed E-state index contributed by atoms with van der Waals surface area (Å²) >= 11 is 0. The summed E-state index contributed by atoms with van der Waals surface area (Å²) in [5.41, 5.74) is 1.69. The summed E-state index contributed by atoms with van der Waals surface area (Å²) in [6, 6.07) is 9.05. The average Bonchev–Trinajstić information content (AvgIpc) is 2.73. The summed E-state index contributed by atoms with van der Waals surface area (Å²) < 4.78 is 14.3. The molecule has 1 heterocycles.